The number of hydrogen-bond donors (Lipinski definition) is 3. The number of benzene rings is 2. The molecule has 3 rings (SSSR count). The molecule has 5 nitrogen and oxygen atoms in total. The molecular formula is C19H12ClF2NO4S. The highest BCUT2D eigenvalue weighted by atomic mass is 35.5. The molecule has 0 aliphatic carbocycles. The van der Waals surface area contributed by atoms with Crippen molar-refractivity contribution in [1.29, 1.82) is 0 Å². The van der Waals surface area contributed by atoms with Gasteiger partial charge >= 0.3 is 5.97 Å². The van der Waals surface area contributed by atoms with Gasteiger partial charge in [-0.1, -0.05) is 23.7 Å². The van der Waals surface area contributed by atoms with Crippen molar-refractivity contribution in [3.8, 4) is 16.2 Å². The summed E-state index contributed by atoms with van der Waals surface area (Å²) < 4.78 is 28.2. The first-order valence-corrected chi connectivity index (χ1v) is 9.06. The van der Waals surface area contributed by atoms with Crippen molar-refractivity contribution in [1.82, 2.24) is 0 Å². The minimum absolute atomic E-state index is 0.0421. The summed E-state index contributed by atoms with van der Waals surface area (Å²) in [7, 11) is 0. The molecular weight excluding hydrogens is 412 g/mol. The van der Waals surface area contributed by atoms with Crippen LogP contribution >= 0.6 is 22.9 Å². The van der Waals surface area contributed by atoms with E-state index in [1.165, 1.54) is 36.6 Å². The molecule has 1 aromatic heterocycles. The number of carboxylic acids is 1. The van der Waals surface area contributed by atoms with Crippen molar-refractivity contribution in [3.05, 3.63) is 69.1 Å². The summed E-state index contributed by atoms with van der Waals surface area (Å²) in [6, 6.07) is 6.44. The van der Waals surface area contributed by atoms with Crippen LogP contribution in [0.15, 0.2) is 35.7 Å². The number of phenols is 1. The maximum atomic E-state index is 14.3. The van der Waals surface area contributed by atoms with Crippen LogP contribution in [0, 0.1) is 18.6 Å². The number of halogens is 3. The Morgan fingerprint density at radius 2 is 1.86 bits per heavy atom. The Balaban J connectivity index is 2.04. The fourth-order valence-corrected chi connectivity index (χ4v) is 3.75. The number of anilines is 1. The van der Waals surface area contributed by atoms with Crippen LogP contribution in [0.2, 0.25) is 5.02 Å². The van der Waals surface area contributed by atoms with Crippen LogP contribution in [0.1, 0.15) is 26.3 Å². The van der Waals surface area contributed by atoms with E-state index in [1.807, 2.05) is 0 Å². The van der Waals surface area contributed by atoms with Crippen molar-refractivity contribution >= 4 is 40.5 Å². The normalized spacial score (nSPS) is 10.7. The highest BCUT2D eigenvalue weighted by Crippen LogP contribution is 2.38. The van der Waals surface area contributed by atoms with E-state index in [9.17, 15) is 28.6 Å². The van der Waals surface area contributed by atoms with Gasteiger partial charge in [0.05, 0.1) is 16.1 Å². The number of amides is 1. The van der Waals surface area contributed by atoms with E-state index in [-0.39, 0.29) is 43.6 Å². The summed E-state index contributed by atoms with van der Waals surface area (Å²) in [5, 5.41) is 23.3. The third kappa shape index (κ3) is 3.56. The number of rotatable bonds is 4. The van der Waals surface area contributed by atoms with Crippen LogP contribution in [0.25, 0.3) is 10.4 Å². The predicted octanol–water partition coefficient (Wildman–Crippen LogP) is 5.31. The largest absolute Gasteiger partial charge is 0.507 e. The molecule has 3 aromatic rings. The number of aryl methyl sites for hydroxylation is 1. The van der Waals surface area contributed by atoms with Crippen LogP contribution in [0.3, 0.4) is 0 Å². The number of carbonyl (C=O) groups is 2. The van der Waals surface area contributed by atoms with Gasteiger partial charge in [0.25, 0.3) is 5.91 Å². The number of aromatic hydroxyl groups is 1. The zero-order valence-corrected chi connectivity index (χ0v) is 15.8. The van der Waals surface area contributed by atoms with Crippen LogP contribution < -0.4 is 5.32 Å². The lowest BCUT2D eigenvalue weighted by molar-refractivity contribution is 0.0699. The fourth-order valence-electron chi connectivity index (χ4n) is 2.57. The molecule has 2 aromatic carbocycles. The zero-order chi connectivity index (χ0) is 20.6. The van der Waals surface area contributed by atoms with E-state index >= 15 is 0 Å². The second-order valence-corrected chi connectivity index (χ2v) is 7.15. The SMILES string of the molecule is Cc1ccc(-c2scc(NC(=O)c3ccc(Cl)cc3O)c2C(=O)O)c(F)c1F. The third-order valence-electron chi connectivity index (χ3n) is 3.98. The monoisotopic (exact) mass is 423 g/mol. The summed E-state index contributed by atoms with van der Waals surface area (Å²) in [6.45, 7) is 1.39. The number of phenolic OH excluding ortho intramolecular Hbond substituents is 1. The second kappa shape index (κ2) is 7.57. The maximum absolute atomic E-state index is 14.3. The van der Waals surface area contributed by atoms with Gasteiger partial charge in [0.2, 0.25) is 0 Å². The summed E-state index contributed by atoms with van der Waals surface area (Å²) in [6.07, 6.45) is 0. The first-order valence-electron chi connectivity index (χ1n) is 7.80. The minimum atomic E-state index is -1.42. The van der Waals surface area contributed by atoms with Gasteiger partial charge in [-0.2, -0.15) is 0 Å². The summed E-state index contributed by atoms with van der Waals surface area (Å²) in [5.41, 5.74) is -0.746. The van der Waals surface area contributed by atoms with E-state index in [0.717, 1.165) is 17.4 Å². The van der Waals surface area contributed by atoms with E-state index in [2.05, 4.69) is 5.32 Å². The second-order valence-electron chi connectivity index (χ2n) is 5.83. The Kier molecular flexibility index (Phi) is 5.35. The van der Waals surface area contributed by atoms with Crippen molar-refractivity contribution < 1.29 is 28.6 Å². The van der Waals surface area contributed by atoms with Gasteiger partial charge < -0.3 is 15.5 Å². The summed E-state index contributed by atoms with van der Waals surface area (Å²) in [4.78, 5) is 24.1. The first-order chi connectivity index (χ1) is 13.2. The third-order valence-corrected chi connectivity index (χ3v) is 5.23. The van der Waals surface area contributed by atoms with Crippen molar-refractivity contribution in [2.24, 2.45) is 0 Å². The molecule has 144 valence electrons. The lowest BCUT2D eigenvalue weighted by atomic mass is 10.1. The molecule has 9 heteroatoms. The van der Waals surface area contributed by atoms with E-state index < -0.39 is 23.5 Å². The number of carbonyl (C=O) groups excluding carboxylic acids is 1. The van der Waals surface area contributed by atoms with Gasteiger partial charge in [-0.15, -0.1) is 11.3 Å². The minimum Gasteiger partial charge on any atom is -0.507 e. The molecule has 28 heavy (non-hydrogen) atoms. The van der Waals surface area contributed by atoms with E-state index in [4.69, 9.17) is 11.6 Å². The topological polar surface area (TPSA) is 86.6 Å². The van der Waals surface area contributed by atoms with E-state index in [0.29, 0.717) is 0 Å². The van der Waals surface area contributed by atoms with Gasteiger partial charge in [-0.25, -0.2) is 13.6 Å². The highest BCUT2D eigenvalue weighted by Gasteiger charge is 2.25. The molecule has 3 N–H and O–H groups in total. The van der Waals surface area contributed by atoms with Crippen LogP contribution in [0.4, 0.5) is 14.5 Å². The molecule has 0 saturated heterocycles. The van der Waals surface area contributed by atoms with Crippen LogP contribution in [-0.4, -0.2) is 22.1 Å². The summed E-state index contributed by atoms with van der Waals surface area (Å²) in [5.74, 6) is -4.83. The van der Waals surface area contributed by atoms with Gasteiger partial charge in [-0.05, 0) is 30.7 Å². The van der Waals surface area contributed by atoms with Gasteiger partial charge in [0.1, 0.15) is 11.3 Å². The number of carboxylic acid groups (broad SMARTS) is 1. The van der Waals surface area contributed by atoms with Gasteiger partial charge in [0.15, 0.2) is 11.6 Å². The smallest absolute Gasteiger partial charge is 0.339 e. The molecule has 0 saturated carbocycles. The molecule has 1 heterocycles. The average Bonchev–Trinajstić information content (AvgIpc) is 3.03. The standard InChI is InChI=1S/C19H12ClF2NO4S/c1-8-2-4-11(16(22)15(8)21)17-14(19(26)27)12(7-28-17)23-18(25)10-5-3-9(20)6-13(10)24/h2-7,24H,1H3,(H,23,25)(H,26,27). The van der Waals surface area contributed by atoms with E-state index in [1.54, 1.807) is 0 Å². The molecule has 0 bridgehead atoms. The Morgan fingerprint density at radius 3 is 2.50 bits per heavy atom. The number of thiophene rings is 1. The first kappa shape index (κ1) is 19.8. The van der Waals surface area contributed by atoms with Crippen molar-refractivity contribution in [2.75, 3.05) is 5.32 Å². The van der Waals surface area contributed by atoms with Crippen molar-refractivity contribution in [2.45, 2.75) is 6.92 Å². The Bertz CT molecular complexity index is 1110. The number of aromatic carboxylic acids is 1. The molecule has 0 fully saturated rings. The quantitative estimate of drug-likeness (QED) is 0.530. The van der Waals surface area contributed by atoms with Crippen LogP contribution in [0.5, 0.6) is 5.75 Å². The van der Waals surface area contributed by atoms with Gasteiger partial charge in [-0.3, -0.25) is 4.79 Å². The molecule has 0 aliphatic heterocycles. The lowest BCUT2D eigenvalue weighted by Crippen LogP contribution is -2.14. The Morgan fingerprint density at radius 1 is 1.14 bits per heavy atom. The Hall–Kier alpha value is -2.97. The molecule has 0 atom stereocenters. The molecule has 0 aliphatic rings. The molecule has 1 amide bonds. The van der Waals surface area contributed by atoms with Crippen LogP contribution in [-0.2, 0) is 0 Å². The maximum Gasteiger partial charge on any atom is 0.339 e. The summed E-state index contributed by atoms with van der Waals surface area (Å²) >= 11 is 6.57. The number of hydrogen-bond acceptors (Lipinski definition) is 4. The van der Waals surface area contributed by atoms with Gasteiger partial charge in [0, 0.05) is 16.0 Å². The Labute approximate surface area is 166 Å². The number of nitrogens with one attached hydrogen (secondary N) is 1. The van der Waals surface area contributed by atoms with Crippen molar-refractivity contribution in [3.63, 3.8) is 0 Å². The lowest BCUT2D eigenvalue weighted by Gasteiger charge is -2.09. The highest BCUT2D eigenvalue weighted by molar-refractivity contribution is 7.14. The molecule has 0 unspecified atom stereocenters. The molecule has 0 spiro atoms. The fraction of sp³-hybridized carbons (Fsp3) is 0.0526. The average molecular weight is 424 g/mol. The zero-order valence-electron chi connectivity index (χ0n) is 14.2. The predicted molar refractivity (Wildman–Crippen MR) is 102 cm³/mol. The molecule has 0 radical (unpaired) electrons.